The molecule has 9 nitrogen and oxygen atoms in total. The van der Waals surface area contributed by atoms with Crippen molar-refractivity contribution < 1.29 is 33.0 Å². The molecule has 0 aromatic heterocycles. The maximum absolute atomic E-state index is 13.0. The SMILES string of the molecule is COC(=O)C(C[C@H](CBr)O[Si](C)(C)C(C)(C)C)N(NC(=O)OC(C)(C)C)C(=O)OC(C)(C)C. The first-order valence-electron chi connectivity index (χ1n) is 11.0. The van der Waals surface area contributed by atoms with Crippen LogP contribution in [0, 0.1) is 0 Å². The summed E-state index contributed by atoms with van der Waals surface area (Å²) < 4.78 is 22.1. The van der Waals surface area contributed by atoms with Gasteiger partial charge < -0.3 is 18.6 Å². The quantitative estimate of drug-likeness (QED) is 0.148. The average molecular weight is 556 g/mol. The number of hydrogen-bond acceptors (Lipinski definition) is 7. The van der Waals surface area contributed by atoms with Crippen molar-refractivity contribution in [2.75, 3.05) is 12.4 Å². The average Bonchev–Trinajstić information content (AvgIpc) is 2.58. The molecule has 2 amide bonds. The molecule has 0 aromatic carbocycles. The highest BCUT2D eigenvalue weighted by molar-refractivity contribution is 9.09. The molecule has 33 heavy (non-hydrogen) atoms. The minimum absolute atomic E-state index is 0.0617. The summed E-state index contributed by atoms with van der Waals surface area (Å²) in [4.78, 5) is 38.3. The Bertz CT molecular complexity index is 682. The van der Waals surface area contributed by atoms with E-state index in [-0.39, 0.29) is 11.5 Å². The van der Waals surface area contributed by atoms with Gasteiger partial charge >= 0.3 is 18.2 Å². The monoisotopic (exact) mass is 554 g/mol. The van der Waals surface area contributed by atoms with Crippen LogP contribution in [-0.4, -0.2) is 67.3 Å². The molecular formula is C22H43BrN2O7Si. The molecule has 0 aliphatic carbocycles. The predicted molar refractivity (Wildman–Crippen MR) is 134 cm³/mol. The lowest BCUT2D eigenvalue weighted by atomic mass is 10.1. The second-order valence-electron chi connectivity index (χ2n) is 11.4. The molecule has 1 N–H and O–H groups in total. The summed E-state index contributed by atoms with van der Waals surface area (Å²) in [6, 6.07) is -1.20. The molecule has 0 saturated carbocycles. The van der Waals surface area contributed by atoms with Gasteiger partial charge in [0.2, 0.25) is 0 Å². The van der Waals surface area contributed by atoms with E-state index in [1.807, 2.05) is 0 Å². The largest absolute Gasteiger partial charge is 0.467 e. The molecule has 0 rings (SSSR count). The number of hydrogen-bond donors (Lipinski definition) is 1. The number of carbonyl (C=O) groups is 3. The van der Waals surface area contributed by atoms with Crippen LogP contribution in [0.4, 0.5) is 9.59 Å². The first-order chi connectivity index (χ1) is 14.6. The number of rotatable bonds is 7. The van der Waals surface area contributed by atoms with Crippen LogP contribution >= 0.6 is 15.9 Å². The van der Waals surface area contributed by atoms with Crippen LogP contribution in [-0.2, 0) is 23.4 Å². The molecule has 1 unspecified atom stereocenters. The number of alkyl halides is 1. The van der Waals surface area contributed by atoms with Crippen LogP contribution in [0.3, 0.4) is 0 Å². The molecule has 0 saturated heterocycles. The number of nitrogens with one attached hydrogen (secondary N) is 1. The Labute approximate surface area is 208 Å². The summed E-state index contributed by atoms with van der Waals surface area (Å²) >= 11 is 3.46. The van der Waals surface area contributed by atoms with Crippen molar-refractivity contribution in [3.8, 4) is 0 Å². The predicted octanol–water partition coefficient (Wildman–Crippen LogP) is 5.38. The minimum atomic E-state index is -2.19. The Morgan fingerprint density at radius 3 is 1.79 bits per heavy atom. The van der Waals surface area contributed by atoms with Gasteiger partial charge in [-0.15, -0.1) is 0 Å². The zero-order valence-electron chi connectivity index (χ0n) is 22.3. The van der Waals surface area contributed by atoms with Crippen molar-refractivity contribution in [2.24, 2.45) is 0 Å². The number of nitrogens with zero attached hydrogens (tertiary/aromatic N) is 1. The van der Waals surface area contributed by atoms with Crippen molar-refractivity contribution in [2.45, 2.75) is 110 Å². The lowest BCUT2D eigenvalue weighted by Crippen LogP contribution is -2.58. The van der Waals surface area contributed by atoms with Gasteiger partial charge in [-0.25, -0.2) is 24.8 Å². The lowest BCUT2D eigenvalue weighted by molar-refractivity contribution is -0.149. The molecule has 194 valence electrons. The van der Waals surface area contributed by atoms with Crippen molar-refractivity contribution >= 4 is 42.4 Å². The number of carbonyl (C=O) groups excluding carboxylic acids is 3. The summed E-state index contributed by atoms with van der Waals surface area (Å²) in [5, 5.41) is 1.19. The molecule has 11 heteroatoms. The van der Waals surface area contributed by atoms with Gasteiger partial charge in [0, 0.05) is 11.8 Å². The summed E-state index contributed by atoms with van der Waals surface area (Å²) in [6.45, 7) is 20.7. The highest BCUT2D eigenvalue weighted by atomic mass is 79.9. The van der Waals surface area contributed by atoms with Crippen LogP contribution in [0.1, 0.15) is 68.7 Å². The Morgan fingerprint density at radius 1 is 0.939 bits per heavy atom. The zero-order chi connectivity index (χ0) is 26.4. The van der Waals surface area contributed by atoms with Crippen molar-refractivity contribution in [3.05, 3.63) is 0 Å². The fourth-order valence-electron chi connectivity index (χ4n) is 2.39. The highest BCUT2D eigenvalue weighted by Crippen LogP contribution is 2.38. The Balaban J connectivity index is 6.09. The Hall–Kier alpha value is -1.33. The van der Waals surface area contributed by atoms with Gasteiger partial charge in [0.15, 0.2) is 14.4 Å². The van der Waals surface area contributed by atoms with E-state index in [9.17, 15) is 14.4 Å². The summed E-state index contributed by atoms with van der Waals surface area (Å²) in [6.07, 6.45) is -2.17. The van der Waals surface area contributed by atoms with Gasteiger partial charge in [0.05, 0.1) is 13.2 Å². The smallest absolute Gasteiger partial charge is 0.430 e. The highest BCUT2D eigenvalue weighted by Gasteiger charge is 2.42. The molecule has 0 aromatic rings. The van der Waals surface area contributed by atoms with Crippen molar-refractivity contribution in [3.63, 3.8) is 0 Å². The number of ether oxygens (including phenoxy) is 3. The standard InChI is InChI=1S/C22H43BrN2O7Si/c1-20(2,3)30-18(27)24-25(19(28)31-21(4,5)6)16(17(26)29-10)13-15(14-23)32-33(11,12)22(7,8)9/h15-16H,13-14H2,1-12H3,(H,24,27)/t15-,16?/m1/s1. The topological polar surface area (TPSA) is 103 Å². The zero-order valence-corrected chi connectivity index (χ0v) is 24.8. The number of methoxy groups -OCH3 is 1. The van der Waals surface area contributed by atoms with Crippen LogP contribution < -0.4 is 5.43 Å². The first-order valence-corrected chi connectivity index (χ1v) is 15.0. The normalized spacial score (nSPS) is 14.7. The van der Waals surface area contributed by atoms with Gasteiger partial charge in [-0.2, -0.15) is 0 Å². The molecule has 0 aliphatic heterocycles. The number of halogens is 1. The molecule has 0 radical (unpaired) electrons. The molecule has 0 bridgehead atoms. The molecule has 2 atom stereocenters. The van der Waals surface area contributed by atoms with Gasteiger partial charge in [-0.1, -0.05) is 36.7 Å². The van der Waals surface area contributed by atoms with Gasteiger partial charge in [0.25, 0.3) is 0 Å². The number of esters is 1. The second-order valence-corrected chi connectivity index (χ2v) is 16.8. The molecule has 0 fully saturated rings. The number of hydrazine groups is 1. The molecule has 0 heterocycles. The fraction of sp³-hybridized carbons (Fsp3) is 0.864. The van der Waals surface area contributed by atoms with Crippen LogP contribution in [0.25, 0.3) is 0 Å². The third kappa shape index (κ3) is 11.6. The summed E-state index contributed by atoms with van der Waals surface area (Å²) in [5.74, 6) is -0.721. The lowest BCUT2D eigenvalue weighted by Gasteiger charge is -2.40. The molecule has 0 spiro atoms. The van der Waals surface area contributed by atoms with E-state index in [1.54, 1.807) is 41.5 Å². The molecular weight excluding hydrogens is 512 g/mol. The van der Waals surface area contributed by atoms with E-state index in [0.717, 1.165) is 5.01 Å². The van der Waals surface area contributed by atoms with Crippen molar-refractivity contribution in [1.82, 2.24) is 10.4 Å². The third-order valence-corrected chi connectivity index (χ3v) is 10.2. The fourth-order valence-corrected chi connectivity index (χ4v) is 4.40. The van der Waals surface area contributed by atoms with Crippen LogP contribution in [0.15, 0.2) is 0 Å². The van der Waals surface area contributed by atoms with E-state index in [1.165, 1.54) is 7.11 Å². The van der Waals surface area contributed by atoms with E-state index >= 15 is 0 Å². The Morgan fingerprint density at radius 2 is 1.42 bits per heavy atom. The summed E-state index contributed by atoms with van der Waals surface area (Å²) in [5.41, 5.74) is 0.697. The third-order valence-electron chi connectivity index (χ3n) is 4.91. The van der Waals surface area contributed by atoms with Crippen molar-refractivity contribution in [1.29, 1.82) is 0 Å². The maximum Gasteiger partial charge on any atom is 0.430 e. The van der Waals surface area contributed by atoms with E-state index < -0.39 is 49.8 Å². The van der Waals surface area contributed by atoms with Gasteiger partial charge in [-0.05, 0) is 59.7 Å². The first kappa shape index (κ1) is 31.7. The molecule has 0 aliphatic rings. The van der Waals surface area contributed by atoms with Gasteiger partial charge in [0.1, 0.15) is 11.2 Å². The van der Waals surface area contributed by atoms with E-state index in [0.29, 0.717) is 5.33 Å². The van der Waals surface area contributed by atoms with Gasteiger partial charge in [-0.3, -0.25) is 0 Å². The van der Waals surface area contributed by atoms with E-state index in [2.05, 4.69) is 55.2 Å². The minimum Gasteiger partial charge on any atom is -0.467 e. The number of amides is 2. The van der Waals surface area contributed by atoms with E-state index in [4.69, 9.17) is 18.6 Å². The Kier molecular flexibility index (Phi) is 11.4. The summed E-state index contributed by atoms with van der Waals surface area (Å²) in [7, 11) is -0.977. The maximum atomic E-state index is 13.0. The second kappa shape index (κ2) is 11.9. The van der Waals surface area contributed by atoms with Crippen LogP contribution in [0.2, 0.25) is 18.1 Å². The van der Waals surface area contributed by atoms with Crippen LogP contribution in [0.5, 0.6) is 0 Å².